The number of pyridine rings is 1. The van der Waals surface area contributed by atoms with E-state index in [0.29, 0.717) is 11.6 Å². The number of hydrogen-bond donors (Lipinski definition) is 1. The maximum Gasteiger partial charge on any atom is 0.253 e. The molecule has 6 rings (SSSR count). The van der Waals surface area contributed by atoms with E-state index in [1.165, 1.54) is 0 Å². The predicted molar refractivity (Wildman–Crippen MR) is 140 cm³/mol. The van der Waals surface area contributed by atoms with Crippen LogP contribution >= 0.6 is 0 Å². The van der Waals surface area contributed by atoms with Crippen LogP contribution in [0.15, 0.2) is 42.9 Å². The molecule has 0 bridgehead atoms. The molecule has 10 heteroatoms. The Bertz CT molecular complexity index is 1330. The first kappa shape index (κ1) is 24.0. The molecule has 1 unspecified atom stereocenters. The molecule has 0 radical (unpaired) electrons. The number of hydrogen-bond acceptors (Lipinski definition) is 9. The maximum atomic E-state index is 6.60. The van der Waals surface area contributed by atoms with Gasteiger partial charge in [0.05, 0.1) is 24.6 Å². The summed E-state index contributed by atoms with van der Waals surface area (Å²) in [6, 6.07) is 4.06. The highest BCUT2D eigenvalue weighted by atomic mass is 16.5. The highest BCUT2D eigenvalue weighted by molar-refractivity contribution is 5.74. The quantitative estimate of drug-likeness (QED) is 0.544. The third-order valence-electron chi connectivity index (χ3n) is 7.51. The zero-order valence-electron chi connectivity index (χ0n) is 21.7. The Balaban J connectivity index is 1.22. The molecule has 0 amide bonds. The molecule has 2 saturated heterocycles. The normalized spacial score (nSPS) is 24.8. The van der Waals surface area contributed by atoms with Gasteiger partial charge in [0, 0.05) is 56.9 Å². The van der Waals surface area contributed by atoms with Gasteiger partial charge in [0.25, 0.3) is 5.78 Å². The van der Waals surface area contributed by atoms with Gasteiger partial charge in [-0.2, -0.15) is 9.50 Å². The van der Waals surface area contributed by atoms with Crippen LogP contribution in [-0.4, -0.2) is 92.1 Å². The lowest BCUT2D eigenvalue weighted by Gasteiger charge is -2.45. The Morgan fingerprint density at radius 2 is 2.03 bits per heavy atom. The van der Waals surface area contributed by atoms with E-state index in [9.17, 15) is 0 Å². The largest absolute Gasteiger partial charge is 0.485 e. The summed E-state index contributed by atoms with van der Waals surface area (Å²) in [6.07, 6.45) is 11.4. The van der Waals surface area contributed by atoms with Gasteiger partial charge in [-0.05, 0) is 44.9 Å². The van der Waals surface area contributed by atoms with Crippen LogP contribution in [0.4, 0.5) is 0 Å². The Labute approximate surface area is 217 Å². The molecule has 3 aromatic rings. The number of likely N-dealkylation sites (tertiary alicyclic amines) is 1. The number of allylic oxidation sites excluding steroid dienone is 2. The third-order valence-corrected chi connectivity index (χ3v) is 7.51. The van der Waals surface area contributed by atoms with Crippen LogP contribution in [0.25, 0.3) is 11.4 Å². The molecule has 0 aromatic carbocycles. The summed E-state index contributed by atoms with van der Waals surface area (Å²) in [5, 5.41) is 8.27. The minimum Gasteiger partial charge on any atom is -0.485 e. The van der Waals surface area contributed by atoms with E-state index in [0.717, 1.165) is 80.6 Å². The highest BCUT2D eigenvalue weighted by Gasteiger charge is 2.42. The lowest BCUT2D eigenvalue weighted by molar-refractivity contribution is 0.00455. The first-order chi connectivity index (χ1) is 18.0. The predicted octanol–water partition coefficient (Wildman–Crippen LogP) is 2.13. The van der Waals surface area contributed by atoms with E-state index in [-0.39, 0.29) is 11.8 Å². The van der Waals surface area contributed by atoms with E-state index in [2.05, 4.69) is 59.6 Å². The number of aromatic nitrogens is 5. The molecular weight excluding hydrogens is 468 g/mol. The number of rotatable bonds is 6. The van der Waals surface area contributed by atoms with Gasteiger partial charge in [0.15, 0.2) is 5.75 Å². The van der Waals surface area contributed by atoms with Crippen LogP contribution in [0.1, 0.15) is 29.2 Å². The molecule has 6 heterocycles. The minimum absolute atomic E-state index is 0.0572. The van der Waals surface area contributed by atoms with Crippen molar-refractivity contribution in [2.45, 2.75) is 39.0 Å². The molecule has 37 heavy (non-hydrogen) atoms. The molecule has 1 N–H and O–H groups in total. The Morgan fingerprint density at radius 1 is 1.16 bits per heavy atom. The number of ether oxygens (including phenoxy) is 2. The van der Waals surface area contributed by atoms with Crippen molar-refractivity contribution in [2.24, 2.45) is 0 Å². The van der Waals surface area contributed by atoms with Crippen molar-refractivity contribution in [1.29, 1.82) is 0 Å². The molecule has 2 fully saturated rings. The number of nitrogens with one attached hydrogen (secondary N) is 1. The van der Waals surface area contributed by atoms with E-state index in [4.69, 9.17) is 9.47 Å². The van der Waals surface area contributed by atoms with Gasteiger partial charge in [-0.3, -0.25) is 14.8 Å². The Hall–Kier alpha value is -3.34. The first-order valence-corrected chi connectivity index (χ1v) is 13.0. The lowest BCUT2D eigenvalue weighted by atomic mass is 9.98. The second-order valence-electron chi connectivity index (χ2n) is 10.1. The molecule has 194 valence electrons. The topological polar surface area (TPSA) is 92.9 Å². The minimum atomic E-state index is -0.323. The zero-order chi connectivity index (χ0) is 25.4. The number of morpholine rings is 1. The number of dihydropyridines is 1. The number of fused-ring (bicyclic) bond motifs is 1. The number of aryl methyl sites for hydroxylation is 3. The SMILES string of the molecule is Cc1nc2nc(C)c(OC3CCN([C@@]4(CN5CCOCC5)C=CC(c5cccnc5)=CN4)C3)c(C)n2n1. The lowest BCUT2D eigenvalue weighted by Crippen LogP contribution is -2.63. The standard InChI is InChI=1S/C27H34N8O2/c1-19-25(20(2)35-26(30-19)31-21(3)32-35)37-24-7-10-34(17-24)27(18-33-11-13-36-14-12-33)8-6-23(16-29-27)22-5-4-9-28-15-22/h4-6,8-9,15-16,24,29H,7,10-14,17-18H2,1-3H3/t24?,27-/m1/s1. The van der Waals surface area contributed by atoms with Crippen molar-refractivity contribution in [3.05, 3.63) is 65.7 Å². The van der Waals surface area contributed by atoms with Crippen LogP contribution in [0.5, 0.6) is 5.75 Å². The van der Waals surface area contributed by atoms with E-state index < -0.39 is 0 Å². The van der Waals surface area contributed by atoms with Crippen molar-refractivity contribution in [3.63, 3.8) is 0 Å². The van der Waals surface area contributed by atoms with Crippen LogP contribution in [0.3, 0.4) is 0 Å². The average Bonchev–Trinajstić information content (AvgIpc) is 3.55. The molecule has 3 aromatic heterocycles. The van der Waals surface area contributed by atoms with Gasteiger partial charge in [0.2, 0.25) is 0 Å². The average molecular weight is 503 g/mol. The summed E-state index contributed by atoms with van der Waals surface area (Å²) >= 11 is 0. The van der Waals surface area contributed by atoms with Crippen molar-refractivity contribution < 1.29 is 9.47 Å². The summed E-state index contributed by atoms with van der Waals surface area (Å²) < 4.78 is 14.0. The van der Waals surface area contributed by atoms with Crippen molar-refractivity contribution in [2.75, 3.05) is 45.9 Å². The maximum absolute atomic E-state index is 6.60. The Morgan fingerprint density at radius 3 is 2.78 bits per heavy atom. The van der Waals surface area contributed by atoms with Crippen LogP contribution < -0.4 is 10.1 Å². The van der Waals surface area contributed by atoms with Crippen molar-refractivity contribution >= 4 is 11.4 Å². The molecule has 0 saturated carbocycles. The molecule has 3 aliphatic heterocycles. The smallest absolute Gasteiger partial charge is 0.253 e. The summed E-state index contributed by atoms with van der Waals surface area (Å²) in [7, 11) is 0. The molecule has 2 atom stereocenters. The van der Waals surface area contributed by atoms with Gasteiger partial charge in [-0.15, -0.1) is 5.10 Å². The van der Waals surface area contributed by atoms with Crippen LogP contribution in [-0.2, 0) is 4.74 Å². The Kier molecular flexibility index (Phi) is 6.39. The first-order valence-electron chi connectivity index (χ1n) is 13.0. The van der Waals surface area contributed by atoms with E-state index in [1.54, 1.807) is 10.7 Å². The zero-order valence-corrected chi connectivity index (χ0v) is 21.7. The fourth-order valence-corrected chi connectivity index (χ4v) is 5.52. The van der Waals surface area contributed by atoms with Crippen LogP contribution in [0.2, 0.25) is 0 Å². The van der Waals surface area contributed by atoms with Gasteiger partial charge in [-0.25, -0.2) is 4.98 Å². The molecule has 10 nitrogen and oxygen atoms in total. The van der Waals surface area contributed by atoms with Gasteiger partial charge >= 0.3 is 0 Å². The van der Waals surface area contributed by atoms with Gasteiger partial charge in [0.1, 0.15) is 17.6 Å². The second kappa shape index (κ2) is 9.85. The molecule has 3 aliphatic rings. The molecule has 0 spiro atoms. The summed E-state index contributed by atoms with van der Waals surface area (Å²) in [5.41, 5.74) is 3.69. The van der Waals surface area contributed by atoms with Crippen molar-refractivity contribution in [1.82, 2.24) is 39.7 Å². The van der Waals surface area contributed by atoms with E-state index >= 15 is 0 Å². The highest BCUT2D eigenvalue weighted by Crippen LogP contribution is 2.31. The third kappa shape index (κ3) is 4.72. The molecular formula is C27H34N8O2. The summed E-state index contributed by atoms with van der Waals surface area (Å²) in [5.74, 6) is 2.13. The summed E-state index contributed by atoms with van der Waals surface area (Å²) in [6.45, 7) is 11.9. The molecule has 0 aliphatic carbocycles. The van der Waals surface area contributed by atoms with Crippen molar-refractivity contribution in [3.8, 4) is 5.75 Å². The van der Waals surface area contributed by atoms with E-state index in [1.807, 2.05) is 33.0 Å². The van der Waals surface area contributed by atoms with Gasteiger partial charge in [-0.1, -0.05) is 12.1 Å². The second-order valence-corrected chi connectivity index (χ2v) is 10.1. The van der Waals surface area contributed by atoms with Crippen LogP contribution in [0, 0.1) is 20.8 Å². The monoisotopic (exact) mass is 502 g/mol. The summed E-state index contributed by atoms with van der Waals surface area (Å²) in [4.78, 5) is 18.3. The number of nitrogens with zero attached hydrogens (tertiary/aromatic N) is 7. The van der Waals surface area contributed by atoms with Gasteiger partial charge < -0.3 is 14.8 Å². The fourth-order valence-electron chi connectivity index (χ4n) is 5.52. The fraction of sp³-hybridized carbons (Fsp3) is 0.481.